The maximum atomic E-state index is 10.6. The number of hydrogen-bond donors (Lipinski definition) is 1. The maximum Gasteiger partial charge on any atom is 0.269 e. The molecule has 0 heterocycles. The van der Waals surface area contributed by atoms with Crippen molar-refractivity contribution >= 4 is 23.8 Å². The molecule has 0 bridgehead atoms. The van der Waals surface area contributed by atoms with E-state index in [0.717, 1.165) is 23.4 Å². The van der Waals surface area contributed by atoms with Gasteiger partial charge in [-0.15, -0.1) is 5.10 Å². The molecule has 2 aromatic carbocycles. The first-order valence-electron chi connectivity index (χ1n) is 7.49. The predicted octanol–water partition coefficient (Wildman–Crippen LogP) is 2.10. The Labute approximate surface area is 140 Å². The van der Waals surface area contributed by atoms with Crippen LogP contribution in [0.1, 0.15) is 18.1 Å². The molecule has 0 aliphatic heterocycles. The average molecular weight is 323 g/mol. The molecule has 122 valence electrons. The lowest BCUT2D eigenvalue weighted by atomic mass is 10.2. The Kier molecular flexibility index (Phi) is 5.96. The summed E-state index contributed by atoms with van der Waals surface area (Å²) in [6.07, 6.45) is 5.17. The molecule has 0 aliphatic carbocycles. The van der Waals surface area contributed by atoms with Crippen molar-refractivity contribution in [2.24, 2.45) is 5.10 Å². The van der Waals surface area contributed by atoms with Gasteiger partial charge in [0, 0.05) is 29.9 Å². The van der Waals surface area contributed by atoms with Gasteiger partial charge in [0.25, 0.3) is 5.69 Å². The van der Waals surface area contributed by atoms with Gasteiger partial charge in [-0.25, -0.2) is 0 Å². The molecule has 6 heteroatoms. The van der Waals surface area contributed by atoms with Gasteiger partial charge in [-0.1, -0.05) is 6.58 Å². The van der Waals surface area contributed by atoms with Crippen LogP contribution < -0.4 is 10.0 Å². The van der Waals surface area contributed by atoms with E-state index in [2.05, 4.69) is 23.7 Å². The van der Waals surface area contributed by atoms with Gasteiger partial charge in [0.15, 0.2) is 0 Å². The van der Waals surface area contributed by atoms with Crippen LogP contribution >= 0.6 is 0 Å². The minimum Gasteiger partial charge on any atom is -0.349 e. The van der Waals surface area contributed by atoms with Crippen molar-refractivity contribution in [1.82, 2.24) is 0 Å². The van der Waals surface area contributed by atoms with E-state index in [1.165, 1.54) is 12.1 Å². The number of non-ortho nitro benzene ring substituents is 1. The molecule has 0 fully saturated rings. The first-order valence-corrected chi connectivity index (χ1v) is 7.49. The summed E-state index contributed by atoms with van der Waals surface area (Å²) in [6.45, 7) is 6.72. The second kappa shape index (κ2) is 8.38. The zero-order chi connectivity index (χ0) is 17.4. The minimum absolute atomic E-state index is 0.0624. The van der Waals surface area contributed by atoms with E-state index in [1.54, 1.807) is 30.8 Å². The summed E-state index contributed by atoms with van der Waals surface area (Å²) in [5.41, 5.74) is 2.91. The summed E-state index contributed by atoms with van der Waals surface area (Å²) >= 11 is 0. The number of rotatable bonds is 7. The predicted molar refractivity (Wildman–Crippen MR) is 96.5 cm³/mol. The zero-order valence-corrected chi connectivity index (χ0v) is 13.4. The fourth-order valence-corrected chi connectivity index (χ4v) is 2.08. The first kappa shape index (κ1) is 17.1. The van der Waals surface area contributed by atoms with Crippen LogP contribution in [0.3, 0.4) is 0 Å². The molecule has 0 aliphatic rings. The standard InChI is InChI=1S/C18H18N4O2/c1-3-21(4-2)17-9-5-15(6-10-17)13-19-20-14-16-7-11-18(12-8-16)22(23)24/h3,5-14H,1,4H2,2H3/p+1/b19-13+,20-14?. The molecule has 2 aromatic rings. The van der Waals surface area contributed by atoms with E-state index >= 15 is 0 Å². The molecule has 24 heavy (non-hydrogen) atoms. The molecule has 0 amide bonds. The van der Waals surface area contributed by atoms with Crippen LogP contribution in [0.4, 0.5) is 11.4 Å². The van der Waals surface area contributed by atoms with Gasteiger partial charge < -0.3 is 4.90 Å². The van der Waals surface area contributed by atoms with Crippen LogP contribution in [-0.4, -0.2) is 23.9 Å². The summed E-state index contributed by atoms with van der Waals surface area (Å²) in [6, 6.07) is 14.2. The quantitative estimate of drug-likeness (QED) is 0.482. The zero-order valence-electron chi connectivity index (χ0n) is 13.4. The van der Waals surface area contributed by atoms with Gasteiger partial charge in [-0.2, -0.15) is 0 Å². The highest BCUT2D eigenvalue weighted by Crippen LogP contribution is 2.14. The Morgan fingerprint density at radius 3 is 2.33 bits per heavy atom. The highest BCUT2D eigenvalue weighted by Gasteiger charge is 2.02. The summed E-state index contributed by atoms with van der Waals surface area (Å²) in [5.74, 6) is 0. The van der Waals surface area contributed by atoms with Crippen LogP contribution in [-0.2, 0) is 0 Å². The molecule has 0 aromatic heterocycles. The number of nitro groups is 1. The van der Waals surface area contributed by atoms with Crippen molar-refractivity contribution in [3.05, 3.63) is 82.6 Å². The van der Waals surface area contributed by atoms with Gasteiger partial charge >= 0.3 is 0 Å². The molecule has 0 atom stereocenters. The molecule has 6 nitrogen and oxygen atoms in total. The minimum atomic E-state index is -0.428. The van der Waals surface area contributed by atoms with Crippen molar-refractivity contribution in [2.45, 2.75) is 6.92 Å². The van der Waals surface area contributed by atoms with Crippen LogP contribution in [0.25, 0.3) is 0 Å². The third-order valence-electron chi connectivity index (χ3n) is 3.41. The Balaban J connectivity index is 1.98. The highest BCUT2D eigenvalue weighted by atomic mass is 16.6. The molecule has 0 radical (unpaired) electrons. The van der Waals surface area contributed by atoms with Crippen molar-refractivity contribution < 1.29 is 10.0 Å². The second-order valence-corrected chi connectivity index (χ2v) is 4.94. The normalized spacial score (nSPS) is 11.0. The third-order valence-corrected chi connectivity index (χ3v) is 3.41. The van der Waals surface area contributed by atoms with Crippen LogP contribution in [0.15, 0.2) is 66.4 Å². The number of benzene rings is 2. The van der Waals surface area contributed by atoms with Crippen molar-refractivity contribution in [2.75, 3.05) is 11.4 Å². The summed E-state index contributed by atoms with van der Waals surface area (Å²) in [5, 5.41) is 17.5. The third kappa shape index (κ3) is 4.61. The number of nitrogens with zero attached hydrogens (tertiary/aromatic N) is 3. The van der Waals surface area contributed by atoms with E-state index < -0.39 is 4.92 Å². The molecule has 2 rings (SSSR count). The van der Waals surface area contributed by atoms with Gasteiger partial charge in [0.2, 0.25) is 6.21 Å². The number of nitro benzene ring substituents is 1. The van der Waals surface area contributed by atoms with E-state index in [4.69, 9.17) is 0 Å². The topological polar surface area (TPSA) is 72.7 Å². The Hall–Kier alpha value is -3.28. The molecule has 0 spiro atoms. The summed E-state index contributed by atoms with van der Waals surface area (Å²) in [4.78, 5) is 12.2. The monoisotopic (exact) mass is 323 g/mol. The Morgan fingerprint density at radius 2 is 1.79 bits per heavy atom. The number of anilines is 1. The van der Waals surface area contributed by atoms with E-state index in [9.17, 15) is 10.1 Å². The highest BCUT2D eigenvalue weighted by molar-refractivity contribution is 5.80. The maximum absolute atomic E-state index is 10.6. The summed E-state index contributed by atoms with van der Waals surface area (Å²) in [7, 11) is 0. The van der Waals surface area contributed by atoms with Crippen LogP contribution in [0.5, 0.6) is 0 Å². The van der Waals surface area contributed by atoms with Crippen LogP contribution in [0.2, 0.25) is 0 Å². The second-order valence-electron chi connectivity index (χ2n) is 4.94. The van der Waals surface area contributed by atoms with Gasteiger partial charge in [-0.05, 0) is 60.2 Å². The average Bonchev–Trinajstić information content (AvgIpc) is 2.61. The molecule has 0 saturated heterocycles. The molecule has 0 saturated carbocycles. The van der Waals surface area contributed by atoms with Crippen molar-refractivity contribution in [3.8, 4) is 0 Å². The first-order chi connectivity index (χ1) is 11.6. The Bertz CT molecular complexity index is 750. The molecular weight excluding hydrogens is 304 g/mol. The van der Waals surface area contributed by atoms with Crippen LogP contribution in [0, 0.1) is 10.1 Å². The summed E-state index contributed by atoms with van der Waals surface area (Å²) < 4.78 is 0. The molecule has 0 unspecified atom stereocenters. The number of hydrazone groups is 1. The smallest absolute Gasteiger partial charge is 0.269 e. The molecular formula is C18H19N4O2+. The largest absolute Gasteiger partial charge is 0.349 e. The Morgan fingerprint density at radius 1 is 1.17 bits per heavy atom. The number of nitrogens with one attached hydrogen (secondary N) is 1. The lowest BCUT2D eigenvalue weighted by Gasteiger charge is -2.17. The van der Waals surface area contributed by atoms with Crippen molar-refractivity contribution in [1.29, 1.82) is 0 Å². The molecule has 1 N–H and O–H groups in total. The van der Waals surface area contributed by atoms with E-state index in [-0.39, 0.29) is 5.69 Å². The lowest BCUT2D eigenvalue weighted by molar-refractivity contribution is -0.455. The van der Waals surface area contributed by atoms with Gasteiger partial charge in [0.05, 0.1) is 4.92 Å². The lowest BCUT2D eigenvalue weighted by Crippen LogP contribution is -2.61. The van der Waals surface area contributed by atoms with Crippen molar-refractivity contribution in [3.63, 3.8) is 0 Å². The SMILES string of the molecule is C=CN(CC)c1ccc(/C=[NH+]/N=Cc2ccc([N+](=O)[O-])cc2)cc1. The number of hydrogen-bond acceptors (Lipinski definition) is 4. The van der Waals surface area contributed by atoms with Gasteiger partial charge in [-0.3, -0.25) is 10.1 Å². The van der Waals surface area contributed by atoms with Gasteiger partial charge in [0.1, 0.15) is 6.21 Å². The fraction of sp³-hybridized carbons (Fsp3) is 0.111. The fourth-order valence-electron chi connectivity index (χ4n) is 2.08. The van der Waals surface area contributed by atoms with E-state index in [0.29, 0.717) is 0 Å². The van der Waals surface area contributed by atoms with E-state index in [1.807, 2.05) is 29.2 Å².